The van der Waals surface area contributed by atoms with Gasteiger partial charge in [0.15, 0.2) is 0 Å². The molecule has 2 heterocycles. The van der Waals surface area contributed by atoms with Gasteiger partial charge in [-0.05, 0) is 43.2 Å². The van der Waals surface area contributed by atoms with Crippen molar-refractivity contribution in [3.05, 3.63) is 48.4 Å². The van der Waals surface area contributed by atoms with Gasteiger partial charge in [-0.3, -0.25) is 9.59 Å². The lowest BCUT2D eigenvalue weighted by Gasteiger charge is -2.31. The molecular weight excluding hydrogens is 365 g/mol. The third-order valence-electron chi connectivity index (χ3n) is 4.28. The molecule has 0 saturated carbocycles. The molecule has 27 heavy (non-hydrogen) atoms. The van der Waals surface area contributed by atoms with Crippen molar-refractivity contribution in [2.24, 2.45) is 5.92 Å². The zero-order valence-electron chi connectivity index (χ0n) is 14.2. The van der Waals surface area contributed by atoms with E-state index in [2.05, 4.69) is 10.1 Å². The van der Waals surface area contributed by atoms with Gasteiger partial charge in [-0.15, -0.1) is 13.2 Å². The smallest absolute Gasteiger partial charge is 0.472 e. The highest BCUT2D eigenvalue weighted by molar-refractivity contribution is 5.95. The largest absolute Gasteiger partial charge is 0.573 e. The fourth-order valence-corrected chi connectivity index (χ4v) is 2.90. The Labute approximate surface area is 152 Å². The number of nitrogens with one attached hydrogen (secondary N) is 1. The number of ether oxygens (including phenoxy) is 1. The van der Waals surface area contributed by atoms with Crippen molar-refractivity contribution in [2.75, 3.05) is 18.4 Å². The Morgan fingerprint density at radius 1 is 1.11 bits per heavy atom. The molecule has 0 atom stereocenters. The maximum absolute atomic E-state index is 12.3. The summed E-state index contributed by atoms with van der Waals surface area (Å²) in [7, 11) is 0. The van der Waals surface area contributed by atoms with Crippen LogP contribution in [0.4, 0.5) is 18.9 Å². The van der Waals surface area contributed by atoms with Gasteiger partial charge in [-0.2, -0.15) is 0 Å². The number of carbonyl (C=O) groups is 2. The SMILES string of the molecule is O=C(Nc1ccc(OC(F)(F)F)cc1)C1CCN(C(=O)c2ccoc2)CC1. The van der Waals surface area contributed by atoms with Crippen LogP contribution in [0.5, 0.6) is 5.75 Å². The molecule has 0 aliphatic carbocycles. The van der Waals surface area contributed by atoms with E-state index in [-0.39, 0.29) is 23.5 Å². The Bertz CT molecular complexity index is 780. The molecule has 1 fully saturated rings. The summed E-state index contributed by atoms with van der Waals surface area (Å²) in [6.45, 7) is 0.890. The number of furan rings is 1. The van der Waals surface area contributed by atoms with Crippen LogP contribution in [-0.4, -0.2) is 36.2 Å². The first-order valence-corrected chi connectivity index (χ1v) is 8.30. The highest BCUT2D eigenvalue weighted by Crippen LogP contribution is 2.25. The van der Waals surface area contributed by atoms with Crippen LogP contribution >= 0.6 is 0 Å². The molecule has 1 aliphatic rings. The van der Waals surface area contributed by atoms with Crippen molar-refractivity contribution in [3.8, 4) is 5.75 Å². The fraction of sp³-hybridized carbons (Fsp3) is 0.333. The average Bonchev–Trinajstić information content (AvgIpc) is 3.16. The number of rotatable bonds is 4. The number of halogens is 3. The summed E-state index contributed by atoms with van der Waals surface area (Å²) in [5.41, 5.74) is 0.852. The van der Waals surface area contributed by atoms with Crippen molar-refractivity contribution >= 4 is 17.5 Å². The second-order valence-electron chi connectivity index (χ2n) is 6.14. The molecular formula is C18H17F3N2O4. The first-order chi connectivity index (χ1) is 12.8. The van der Waals surface area contributed by atoms with Crippen LogP contribution in [0, 0.1) is 5.92 Å². The number of benzene rings is 1. The molecule has 9 heteroatoms. The minimum atomic E-state index is -4.76. The van der Waals surface area contributed by atoms with Crippen LogP contribution in [0.25, 0.3) is 0 Å². The predicted octanol–water partition coefficient (Wildman–Crippen LogP) is 3.67. The van der Waals surface area contributed by atoms with Crippen LogP contribution in [0.15, 0.2) is 47.3 Å². The molecule has 0 unspecified atom stereocenters. The molecule has 1 aromatic carbocycles. The summed E-state index contributed by atoms with van der Waals surface area (Å²) in [4.78, 5) is 26.2. The van der Waals surface area contributed by atoms with Crippen LogP contribution in [0.1, 0.15) is 23.2 Å². The van der Waals surface area contributed by atoms with Crippen LogP contribution in [0.3, 0.4) is 0 Å². The Kier molecular flexibility index (Phi) is 5.38. The van der Waals surface area contributed by atoms with E-state index in [1.807, 2.05) is 0 Å². The zero-order chi connectivity index (χ0) is 19.4. The second kappa shape index (κ2) is 7.73. The van der Waals surface area contributed by atoms with Crippen molar-refractivity contribution in [1.82, 2.24) is 4.90 Å². The molecule has 6 nitrogen and oxygen atoms in total. The summed E-state index contributed by atoms with van der Waals surface area (Å²) in [5.74, 6) is -0.992. The molecule has 0 bridgehead atoms. The highest BCUT2D eigenvalue weighted by atomic mass is 19.4. The Morgan fingerprint density at radius 3 is 2.33 bits per heavy atom. The number of hydrogen-bond donors (Lipinski definition) is 1. The van der Waals surface area contributed by atoms with E-state index in [0.717, 1.165) is 12.1 Å². The van der Waals surface area contributed by atoms with Gasteiger partial charge in [-0.1, -0.05) is 0 Å². The van der Waals surface area contributed by atoms with Gasteiger partial charge in [0.25, 0.3) is 5.91 Å². The Balaban J connectivity index is 1.50. The lowest BCUT2D eigenvalue weighted by molar-refractivity contribution is -0.274. The van der Waals surface area contributed by atoms with Gasteiger partial charge >= 0.3 is 6.36 Å². The van der Waals surface area contributed by atoms with E-state index in [0.29, 0.717) is 37.2 Å². The topological polar surface area (TPSA) is 71.8 Å². The molecule has 2 aromatic rings. The number of hydrogen-bond acceptors (Lipinski definition) is 4. The van der Waals surface area contributed by atoms with Crippen molar-refractivity contribution in [2.45, 2.75) is 19.2 Å². The number of alkyl halides is 3. The standard InChI is InChI=1S/C18H17F3N2O4/c19-18(20,21)27-15-3-1-14(2-4-15)22-16(24)12-5-8-23(9-6-12)17(25)13-7-10-26-11-13/h1-4,7,10-12H,5-6,8-9H2,(H,22,24). The Hall–Kier alpha value is -2.97. The Morgan fingerprint density at radius 2 is 1.78 bits per heavy atom. The number of amides is 2. The second-order valence-corrected chi connectivity index (χ2v) is 6.14. The van der Waals surface area contributed by atoms with Crippen molar-refractivity contribution in [3.63, 3.8) is 0 Å². The summed E-state index contributed by atoms with van der Waals surface area (Å²) in [5, 5.41) is 2.68. The molecule has 0 spiro atoms. The zero-order valence-corrected chi connectivity index (χ0v) is 14.2. The maximum atomic E-state index is 12.3. The van der Waals surface area contributed by atoms with Gasteiger partial charge in [0.1, 0.15) is 12.0 Å². The third kappa shape index (κ3) is 5.02. The molecule has 0 radical (unpaired) electrons. The minimum absolute atomic E-state index is 0.136. The van der Waals surface area contributed by atoms with E-state index in [9.17, 15) is 22.8 Å². The van der Waals surface area contributed by atoms with E-state index < -0.39 is 6.36 Å². The summed E-state index contributed by atoms with van der Waals surface area (Å²) >= 11 is 0. The highest BCUT2D eigenvalue weighted by Gasteiger charge is 2.31. The van der Waals surface area contributed by atoms with Crippen LogP contribution in [0.2, 0.25) is 0 Å². The van der Waals surface area contributed by atoms with Gasteiger partial charge in [0.05, 0.1) is 11.8 Å². The molecule has 1 aliphatic heterocycles. The van der Waals surface area contributed by atoms with Gasteiger partial charge in [-0.25, -0.2) is 0 Å². The fourth-order valence-electron chi connectivity index (χ4n) is 2.90. The van der Waals surface area contributed by atoms with E-state index >= 15 is 0 Å². The monoisotopic (exact) mass is 382 g/mol. The molecule has 1 N–H and O–H groups in total. The lowest BCUT2D eigenvalue weighted by Crippen LogP contribution is -2.41. The number of likely N-dealkylation sites (tertiary alicyclic amines) is 1. The van der Waals surface area contributed by atoms with E-state index in [1.54, 1.807) is 11.0 Å². The molecule has 3 rings (SSSR count). The van der Waals surface area contributed by atoms with Gasteiger partial charge < -0.3 is 19.4 Å². The molecule has 1 aromatic heterocycles. The van der Waals surface area contributed by atoms with Crippen molar-refractivity contribution in [1.29, 1.82) is 0 Å². The summed E-state index contributed by atoms with van der Waals surface area (Å²) in [6.07, 6.45) is -0.937. The van der Waals surface area contributed by atoms with Crippen molar-refractivity contribution < 1.29 is 31.9 Å². The quantitative estimate of drug-likeness (QED) is 0.876. The third-order valence-corrected chi connectivity index (χ3v) is 4.28. The molecule has 2 amide bonds. The van der Waals surface area contributed by atoms with E-state index in [1.165, 1.54) is 24.7 Å². The maximum Gasteiger partial charge on any atom is 0.573 e. The van der Waals surface area contributed by atoms with Gasteiger partial charge in [0, 0.05) is 24.7 Å². The van der Waals surface area contributed by atoms with E-state index in [4.69, 9.17) is 4.42 Å². The van der Waals surface area contributed by atoms with Crippen LogP contribution < -0.4 is 10.1 Å². The van der Waals surface area contributed by atoms with Gasteiger partial charge in [0.2, 0.25) is 5.91 Å². The lowest BCUT2D eigenvalue weighted by atomic mass is 9.95. The molecule has 144 valence electrons. The predicted molar refractivity (Wildman–Crippen MR) is 89.1 cm³/mol. The first-order valence-electron chi connectivity index (χ1n) is 8.30. The van der Waals surface area contributed by atoms with Crippen LogP contribution in [-0.2, 0) is 4.79 Å². The molecule has 1 saturated heterocycles. The first kappa shape index (κ1) is 18.8. The number of piperidine rings is 1. The minimum Gasteiger partial charge on any atom is -0.472 e. The summed E-state index contributed by atoms with van der Waals surface area (Å²) < 4.78 is 45.1. The number of nitrogens with zero attached hydrogens (tertiary/aromatic N) is 1. The normalized spacial score (nSPS) is 15.4. The summed E-state index contributed by atoms with van der Waals surface area (Å²) in [6, 6.07) is 6.55. The average molecular weight is 382 g/mol. The number of carbonyl (C=O) groups excluding carboxylic acids is 2. The number of anilines is 1.